The molecule has 0 N–H and O–H groups in total. The van der Waals surface area contributed by atoms with Crippen molar-refractivity contribution in [1.82, 2.24) is 0 Å². The van der Waals surface area contributed by atoms with Crippen molar-refractivity contribution in [2.45, 2.75) is 109 Å². The van der Waals surface area contributed by atoms with Gasteiger partial charge in [0.1, 0.15) is 0 Å². The second kappa shape index (κ2) is 16.3. The molecule has 0 saturated carbocycles. The molecule has 0 amide bonds. The maximum Gasteiger partial charge on any atom is 0.0576 e. The van der Waals surface area contributed by atoms with E-state index < -0.39 is 0 Å². The number of hydrogen-bond donors (Lipinski definition) is 0. The molecule has 134 valence electrons. The van der Waals surface area contributed by atoms with Crippen LogP contribution in [0.25, 0.3) is 0 Å². The smallest absolute Gasteiger partial charge is 0.0576 e. The van der Waals surface area contributed by atoms with Gasteiger partial charge in [0.05, 0.1) is 6.10 Å². The fraction of sp³-hybridized carbons (Fsp3) is 0.818. The summed E-state index contributed by atoms with van der Waals surface area (Å²) >= 11 is 0. The normalized spacial score (nSPS) is 18.6. The highest BCUT2D eigenvalue weighted by molar-refractivity contribution is 4.92. The van der Waals surface area contributed by atoms with E-state index in [9.17, 15) is 0 Å². The maximum absolute atomic E-state index is 5.66. The Morgan fingerprint density at radius 2 is 1.43 bits per heavy atom. The summed E-state index contributed by atoms with van der Waals surface area (Å²) in [6.07, 6.45) is 29.9. The highest BCUT2D eigenvalue weighted by atomic mass is 16.5. The summed E-state index contributed by atoms with van der Waals surface area (Å²) in [6.45, 7) is 3.27. The minimum atomic E-state index is 0.598. The fourth-order valence-electron chi connectivity index (χ4n) is 3.23. The first-order valence-electron chi connectivity index (χ1n) is 10.3. The summed E-state index contributed by atoms with van der Waals surface area (Å²) in [7, 11) is 0. The Hall–Kier alpha value is -0.560. The summed E-state index contributed by atoms with van der Waals surface area (Å²) < 4.78 is 5.66. The van der Waals surface area contributed by atoms with Gasteiger partial charge >= 0.3 is 0 Å². The van der Waals surface area contributed by atoms with Gasteiger partial charge in [-0.2, -0.15) is 0 Å². The summed E-state index contributed by atoms with van der Waals surface area (Å²) in [5, 5.41) is 0. The monoisotopic (exact) mass is 320 g/mol. The van der Waals surface area contributed by atoms with Gasteiger partial charge in [0.2, 0.25) is 0 Å². The van der Waals surface area contributed by atoms with Gasteiger partial charge in [0.15, 0.2) is 0 Å². The molecule has 1 heterocycles. The molecule has 1 rings (SSSR count). The molecule has 0 aromatic carbocycles. The van der Waals surface area contributed by atoms with Gasteiger partial charge in [0.25, 0.3) is 0 Å². The van der Waals surface area contributed by atoms with E-state index in [0.717, 1.165) is 13.0 Å². The van der Waals surface area contributed by atoms with Crippen molar-refractivity contribution in [2.24, 2.45) is 0 Å². The molecule has 0 aliphatic carbocycles. The molecule has 0 bridgehead atoms. The van der Waals surface area contributed by atoms with Gasteiger partial charge in [0, 0.05) is 6.61 Å². The molecule has 23 heavy (non-hydrogen) atoms. The first-order chi connectivity index (χ1) is 11.4. The van der Waals surface area contributed by atoms with Gasteiger partial charge in [-0.05, 0) is 51.4 Å². The molecule has 0 radical (unpaired) electrons. The number of ether oxygens (including phenoxy) is 1. The number of allylic oxidation sites excluding steroid dienone is 4. The van der Waals surface area contributed by atoms with Crippen molar-refractivity contribution >= 4 is 0 Å². The van der Waals surface area contributed by atoms with Crippen LogP contribution in [0.15, 0.2) is 24.3 Å². The standard InChI is InChI=1S/C22H40O/c1-2-3-4-5-6-7-8-9-10-11-12-13-14-15-16-17-19-22-20-18-21-23-22/h6-7,9-10,22H,2-5,8,11-21H2,1H3/b7-6-,10-9-. The highest BCUT2D eigenvalue weighted by Crippen LogP contribution is 2.18. The molecule has 0 aromatic heterocycles. The molecule has 0 aromatic rings. The topological polar surface area (TPSA) is 9.23 Å². The molecule has 1 aliphatic heterocycles. The lowest BCUT2D eigenvalue weighted by atomic mass is 10.0. The first kappa shape index (κ1) is 20.5. The minimum Gasteiger partial charge on any atom is -0.378 e. The Morgan fingerprint density at radius 3 is 2.09 bits per heavy atom. The zero-order valence-electron chi connectivity index (χ0n) is 15.6. The van der Waals surface area contributed by atoms with E-state index in [1.807, 2.05) is 0 Å². The predicted molar refractivity (Wildman–Crippen MR) is 103 cm³/mol. The molecular weight excluding hydrogens is 280 g/mol. The van der Waals surface area contributed by atoms with Crippen LogP contribution in [0.4, 0.5) is 0 Å². The van der Waals surface area contributed by atoms with E-state index in [0.29, 0.717) is 6.10 Å². The Labute approximate surface area is 145 Å². The van der Waals surface area contributed by atoms with E-state index >= 15 is 0 Å². The molecule has 1 fully saturated rings. The lowest BCUT2D eigenvalue weighted by Gasteiger charge is -2.08. The third-order valence-corrected chi connectivity index (χ3v) is 4.75. The van der Waals surface area contributed by atoms with E-state index in [2.05, 4.69) is 31.2 Å². The van der Waals surface area contributed by atoms with Crippen molar-refractivity contribution in [3.05, 3.63) is 24.3 Å². The van der Waals surface area contributed by atoms with Gasteiger partial charge in [-0.25, -0.2) is 0 Å². The summed E-state index contributed by atoms with van der Waals surface area (Å²) in [5.41, 5.74) is 0. The van der Waals surface area contributed by atoms with E-state index in [-0.39, 0.29) is 0 Å². The summed E-state index contributed by atoms with van der Waals surface area (Å²) in [6, 6.07) is 0. The third kappa shape index (κ3) is 13.6. The maximum atomic E-state index is 5.66. The van der Waals surface area contributed by atoms with Crippen molar-refractivity contribution in [2.75, 3.05) is 6.61 Å². The molecular formula is C22H40O. The Kier molecular flexibility index (Phi) is 14.5. The molecule has 1 unspecified atom stereocenters. The lowest BCUT2D eigenvalue weighted by Crippen LogP contribution is -2.03. The van der Waals surface area contributed by atoms with Crippen LogP contribution >= 0.6 is 0 Å². The van der Waals surface area contributed by atoms with Crippen LogP contribution in [0.2, 0.25) is 0 Å². The van der Waals surface area contributed by atoms with Crippen molar-refractivity contribution < 1.29 is 4.74 Å². The SMILES string of the molecule is CCCCC/C=C\C/C=C\CCCCCCCCC1CCCO1. The number of hydrogen-bond acceptors (Lipinski definition) is 1. The van der Waals surface area contributed by atoms with E-state index in [1.165, 1.54) is 89.9 Å². The molecule has 1 heteroatoms. The van der Waals surface area contributed by atoms with Gasteiger partial charge in [-0.1, -0.05) is 76.2 Å². The van der Waals surface area contributed by atoms with Crippen LogP contribution in [-0.4, -0.2) is 12.7 Å². The van der Waals surface area contributed by atoms with Gasteiger partial charge in [-0.15, -0.1) is 0 Å². The summed E-state index contributed by atoms with van der Waals surface area (Å²) in [4.78, 5) is 0. The Morgan fingerprint density at radius 1 is 0.783 bits per heavy atom. The second-order valence-corrected chi connectivity index (χ2v) is 7.01. The van der Waals surface area contributed by atoms with Crippen LogP contribution < -0.4 is 0 Å². The molecule has 1 nitrogen and oxygen atoms in total. The van der Waals surface area contributed by atoms with Crippen molar-refractivity contribution in [3.63, 3.8) is 0 Å². The summed E-state index contributed by atoms with van der Waals surface area (Å²) in [5.74, 6) is 0. The predicted octanol–water partition coefficient (Wildman–Crippen LogP) is 7.37. The molecule has 1 aliphatic rings. The number of unbranched alkanes of at least 4 members (excludes halogenated alkanes) is 9. The van der Waals surface area contributed by atoms with Crippen molar-refractivity contribution in [1.29, 1.82) is 0 Å². The van der Waals surface area contributed by atoms with Crippen LogP contribution in [0.5, 0.6) is 0 Å². The van der Waals surface area contributed by atoms with E-state index in [1.54, 1.807) is 0 Å². The molecule has 1 saturated heterocycles. The zero-order chi connectivity index (χ0) is 16.4. The second-order valence-electron chi connectivity index (χ2n) is 7.01. The quantitative estimate of drug-likeness (QED) is 0.226. The van der Waals surface area contributed by atoms with Crippen LogP contribution in [-0.2, 0) is 4.74 Å². The van der Waals surface area contributed by atoms with Gasteiger partial charge < -0.3 is 4.74 Å². The molecule has 1 atom stereocenters. The molecule has 0 spiro atoms. The third-order valence-electron chi connectivity index (χ3n) is 4.75. The highest BCUT2D eigenvalue weighted by Gasteiger charge is 2.14. The van der Waals surface area contributed by atoms with E-state index in [4.69, 9.17) is 4.74 Å². The van der Waals surface area contributed by atoms with Crippen LogP contribution in [0, 0.1) is 0 Å². The van der Waals surface area contributed by atoms with Gasteiger partial charge in [-0.3, -0.25) is 0 Å². The van der Waals surface area contributed by atoms with Crippen LogP contribution in [0.1, 0.15) is 103 Å². The first-order valence-corrected chi connectivity index (χ1v) is 10.3. The zero-order valence-corrected chi connectivity index (χ0v) is 15.6. The lowest BCUT2D eigenvalue weighted by molar-refractivity contribution is 0.102. The largest absolute Gasteiger partial charge is 0.378 e. The average Bonchev–Trinajstić information content (AvgIpc) is 3.08. The van der Waals surface area contributed by atoms with Crippen LogP contribution in [0.3, 0.4) is 0 Å². The average molecular weight is 321 g/mol. The number of rotatable bonds is 15. The fourth-order valence-corrected chi connectivity index (χ4v) is 3.23. The minimum absolute atomic E-state index is 0.598. The Balaban J connectivity index is 1.74. The van der Waals surface area contributed by atoms with Crippen molar-refractivity contribution in [3.8, 4) is 0 Å². The Bertz CT molecular complexity index is 286.